The molecule has 7 N–H and O–H groups in total. The fourth-order valence-corrected chi connectivity index (χ4v) is 7.46. The van der Waals surface area contributed by atoms with E-state index < -0.39 is 66.4 Å². The van der Waals surface area contributed by atoms with Crippen LogP contribution in [0.5, 0.6) is 5.75 Å². The van der Waals surface area contributed by atoms with E-state index in [1.54, 1.807) is 19.9 Å². The largest absolute Gasteiger partial charge is 0.484 e. The molecule has 5 amide bonds. The molecule has 1 heterocycles. The van der Waals surface area contributed by atoms with Gasteiger partial charge in [-0.15, -0.1) is 0 Å². The number of nitrogens with zero attached hydrogens (tertiary/aromatic N) is 1. The van der Waals surface area contributed by atoms with Crippen LogP contribution in [0.4, 0.5) is 4.79 Å². The lowest BCUT2D eigenvalue weighted by atomic mass is 9.87. The third kappa shape index (κ3) is 14.3. The SMILES string of the molecule is CC(C)[C@H](CC(=O)[C@H](CCCCN)NC(=O)COc1ccc2ccccc2c1)C(=O)NCC(=O)N[C@H](C(=O)N1CCC[C@H]1COC(=O)NC1CCCCC1)C(C)O. The summed E-state index contributed by atoms with van der Waals surface area (Å²) in [4.78, 5) is 80.6. The Labute approximate surface area is 335 Å². The molecule has 1 aliphatic carbocycles. The number of Topliss-reactive ketones (excluding diaryl/α,β-unsaturated/α-hetero) is 1. The Balaban J connectivity index is 1.27. The van der Waals surface area contributed by atoms with E-state index in [0.29, 0.717) is 50.9 Å². The number of benzene rings is 2. The van der Waals surface area contributed by atoms with Crippen LogP contribution in [0.25, 0.3) is 10.8 Å². The van der Waals surface area contributed by atoms with E-state index >= 15 is 0 Å². The van der Waals surface area contributed by atoms with Gasteiger partial charge in [-0.3, -0.25) is 24.0 Å². The second-order valence-electron chi connectivity index (χ2n) is 15.6. The lowest BCUT2D eigenvalue weighted by Gasteiger charge is -2.30. The standard InChI is InChI=1S/C42H62N6O9/c1-27(2)34(23-36(50)35(17-9-10-20-43)46-38(52)26-56-33-19-18-29-12-7-8-13-30(29)22-33)40(53)44-24-37(51)47-39(28(3)49)41(54)48-21-11-16-32(48)25-57-42(55)45-31-14-5-4-6-15-31/h7-8,12-13,18-19,22,27-28,31-32,34-35,39,49H,4-6,9-11,14-17,20-21,23-26,43H2,1-3H3,(H,44,53)(H,45,55)(H,46,52)(H,47,51)/t28?,32-,34-,35-,39-/m0/s1. The fraction of sp³-hybridized carbons (Fsp3) is 0.619. The monoisotopic (exact) mass is 794 g/mol. The second-order valence-corrected chi connectivity index (χ2v) is 15.6. The Morgan fingerprint density at radius 2 is 1.63 bits per heavy atom. The Bertz CT molecular complexity index is 1660. The van der Waals surface area contributed by atoms with E-state index in [9.17, 15) is 33.9 Å². The third-order valence-corrected chi connectivity index (χ3v) is 10.8. The molecule has 1 unspecified atom stereocenters. The second kappa shape index (κ2) is 22.8. The zero-order chi connectivity index (χ0) is 41.3. The lowest BCUT2D eigenvalue weighted by molar-refractivity contribution is -0.140. The summed E-state index contributed by atoms with van der Waals surface area (Å²) >= 11 is 0. The Morgan fingerprint density at radius 1 is 0.895 bits per heavy atom. The molecule has 5 atom stereocenters. The maximum atomic E-state index is 13.6. The number of hydrogen-bond acceptors (Lipinski definition) is 10. The molecule has 1 aliphatic heterocycles. The normalized spacial score (nSPS) is 17.9. The van der Waals surface area contributed by atoms with Crippen molar-refractivity contribution in [1.29, 1.82) is 0 Å². The lowest BCUT2D eigenvalue weighted by Crippen LogP contribution is -2.57. The molecule has 57 heavy (non-hydrogen) atoms. The van der Waals surface area contributed by atoms with E-state index in [-0.39, 0.29) is 37.4 Å². The minimum absolute atomic E-state index is 0.00715. The summed E-state index contributed by atoms with van der Waals surface area (Å²) < 4.78 is 11.2. The first-order valence-corrected chi connectivity index (χ1v) is 20.5. The quantitative estimate of drug-likeness (QED) is 0.102. The Morgan fingerprint density at radius 3 is 2.33 bits per heavy atom. The van der Waals surface area contributed by atoms with Gasteiger partial charge in [-0.25, -0.2) is 4.79 Å². The van der Waals surface area contributed by atoms with Crippen LogP contribution in [0.3, 0.4) is 0 Å². The maximum absolute atomic E-state index is 13.6. The first-order chi connectivity index (χ1) is 27.4. The van der Waals surface area contributed by atoms with Crippen LogP contribution in [-0.2, 0) is 28.7 Å². The molecule has 0 aromatic heterocycles. The molecule has 2 aromatic carbocycles. The number of hydrogen-bond donors (Lipinski definition) is 6. The minimum atomic E-state index is -1.29. The zero-order valence-electron chi connectivity index (χ0n) is 33.6. The molecule has 1 saturated heterocycles. The number of carbonyl (C=O) groups is 6. The van der Waals surface area contributed by atoms with Gasteiger partial charge in [-0.1, -0.05) is 63.4 Å². The van der Waals surface area contributed by atoms with Gasteiger partial charge in [0, 0.05) is 24.9 Å². The molecule has 0 bridgehead atoms. The van der Waals surface area contributed by atoms with Crippen molar-refractivity contribution in [3.63, 3.8) is 0 Å². The highest BCUT2D eigenvalue weighted by Crippen LogP contribution is 2.23. The zero-order valence-corrected chi connectivity index (χ0v) is 33.6. The molecule has 4 rings (SSSR count). The van der Waals surface area contributed by atoms with Gasteiger partial charge in [0.15, 0.2) is 12.4 Å². The third-order valence-electron chi connectivity index (χ3n) is 10.8. The number of likely N-dealkylation sites (tertiary alicyclic amines) is 1. The number of ketones is 1. The number of aliphatic hydroxyl groups excluding tert-OH is 1. The summed E-state index contributed by atoms with van der Waals surface area (Å²) in [6.07, 6.45) is 5.99. The maximum Gasteiger partial charge on any atom is 0.407 e. The van der Waals surface area contributed by atoms with Crippen molar-refractivity contribution < 1.29 is 43.3 Å². The summed E-state index contributed by atoms with van der Waals surface area (Å²) in [7, 11) is 0. The van der Waals surface area contributed by atoms with E-state index in [0.717, 1.165) is 42.9 Å². The van der Waals surface area contributed by atoms with Crippen LogP contribution < -0.4 is 31.7 Å². The average Bonchev–Trinajstić information content (AvgIpc) is 3.67. The summed E-state index contributed by atoms with van der Waals surface area (Å²) in [6.45, 7) is 4.95. The molecular weight excluding hydrogens is 732 g/mol. The molecule has 0 spiro atoms. The Hall–Kier alpha value is -4.76. The van der Waals surface area contributed by atoms with Crippen molar-refractivity contribution in [2.45, 2.75) is 122 Å². The molecule has 1 saturated carbocycles. The molecule has 2 aliphatic rings. The summed E-state index contributed by atoms with van der Waals surface area (Å²) in [5, 5.41) is 23.3. The van der Waals surface area contributed by atoms with Crippen LogP contribution in [-0.4, -0.2) is 109 Å². The molecular formula is C42H62N6O9. The highest BCUT2D eigenvalue weighted by atomic mass is 16.5. The van der Waals surface area contributed by atoms with Crippen molar-refractivity contribution in [2.24, 2.45) is 17.6 Å². The minimum Gasteiger partial charge on any atom is -0.484 e. The van der Waals surface area contributed by atoms with Gasteiger partial charge in [-0.05, 0) is 87.2 Å². The number of carbonyl (C=O) groups excluding carboxylic acids is 6. The van der Waals surface area contributed by atoms with E-state index in [1.807, 2.05) is 36.4 Å². The van der Waals surface area contributed by atoms with E-state index in [2.05, 4.69) is 21.3 Å². The van der Waals surface area contributed by atoms with Crippen LogP contribution in [0.1, 0.15) is 91.4 Å². The number of unbranched alkanes of at least 4 members (excludes halogenated alkanes) is 1. The van der Waals surface area contributed by atoms with Gasteiger partial charge >= 0.3 is 6.09 Å². The van der Waals surface area contributed by atoms with Crippen LogP contribution in [0.2, 0.25) is 0 Å². The number of fused-ring (bicyclic) bond motifs is 1. The first-order valence-electron chi connectivity index (χ1n) is 20.5. The molecule has 0 radical (unpaired) electrons. The number of alkyl carbamates (subject to hydrolysis) is 1. The number of aliphatic hydroxyl groups is 1. The molecule has 314 valence electrons. The first kappa shape index (κ1) is 44.9. The van der Waals surface area contributed by atoms with Crippen molar-refractivity contribution in [1.82, 2.24) is 26.2 Å². The number of rotatable bonds is 21. The van der Waals surface area contributed by atoms with Crippen LogP contribution in [0, 0.1) is 11.8 Å². The predicted molar refractivity (Wildman–Crippen MR) is 215 cm³/mol. The van der Waals surface area contributed by atoms with Gasteiger partial charge in [-0.2, -0.15) is 0 Å². The fourth-order valence-electron chi connectivity index (χ4n) is 7.46. The highest BCUT2D eigenvalue weighted by Gasteiger charge is 2.37. The van der Waals surface area contributed by atoms with Crippen molar-refractivity contribution in [3.8, 4) is 5.75 Å². The van der Waals surface area contributed by atoms with Gasteiger partial charge < -0.3 is 46.5 Å². The van der Waals surface area contributed by atoms with Gasteiger partial charge in [0.2, 0.25) is 17.7 Å². The van der Waals surface area contributed by atoms with Crippen LogP contribution in [0.15, 0.2) is 42.5 Å². The van der Waals surface area contributed by atoms with Crippen molar-refractivity contribution in [3.05, 3.63) is 42.5 Å². The highest BCUT2D eigenvalue weighted by molar-refractivity contribution is 5.94. The van der Waals surface area contributed by atoms with Crippen LogP contribution >= 0.6 is 0 Å². The summed E-state index contributed by atoms with van der Waals surface area (Å²) in [5.74, 6) is -3.16. The Kier molecular flexibility index (Phi) is 18.0. The topological polar surface area (TPSA) is 218 Å². The predicted octanol–water partition coefficient (Wildman–Crippen LogP) is 3.10. The van der Waals surface area contributed by atoms with Crippen molar-refractivity contribution >= 4 is 46.3 Å². The smallest absolute Gasteiger partial charge is 0.407 e. The summed E-state index contributed by atoms with van der Waals surface area (Å²) in [6, 6.07) is 10.8. The van der Waals surface area contributed by atoms with Crippen molar-refractivity contribution in [2.75, 3.05) is 32.8 Å². The van der Waals surface area contributed by atoms with Gasteiger partial charge in [0.05, 0.1) is 24.7 Å². The van der Waals surface area contributed by atoms with E-state index in [1.165, 1.54) is 11.8 Å². The van der Waals surface area contributed by atoms with Gasteiger partial charge in [0.25, 0.3) is 5.91 Å². The molecule has 15 nitrogen and oxygen atoms in total. The summed E-state index contributed by atoms with van der Waals surface area (Å²) in [5.41, 5.74) is 5.68. The molecule has 2 aromatic rings. The number of ether oxygens (including phenoxy) is 2. The van der Waals surface area contributed by atoms with E-state index in [4.69, 9.17) is 15.2 Å². The molecule has 2 fully saturated rings. The number of nitrogens with two attached hydrogens (primary N) is 1. The number of amides is 5. The number of nitrogens with one attached hydrogen (secondary N) is 4. The van der Waals surface area contributed by atoms with Gasteiger partial charge in [0.1, 0.15) is 18.4 Å². The molecule has 15 heteroatoms. The average molecular weight is 795 g/mol.